The van der Waals surface area contributed by atoms with Gasteiger partial charge in [-0.25, -0.2) is 0 Å². The molecule has 0 bridgehead atoms. The number of nitrogens with zero attached hydrogens (tertiary/aromatic N) is 1. The van der Waals surface area contributed by atoms with E-state index in [1.807, 2.05) is 4.57 Å². The Hall–Kier alpha value is -1.17. The molecule has 1 atom stereocenters. The van der Waals surface area contributed by atoms with Crippen LogP contribution >= 0.6 is 0 Å². The van der Waals surface area contributed by atoms with Crippen molar-refractivity contribution in [3.05, 3.63) is 33.2 Å². The van der Waals surface area contributed by atoms with Gasteiger partial charge < -0.3 is 19.4 Å². The minimum Gasteiger partial charge on any atom is -0.383 e. The molecule has 0 saturated carbocycles. The van der Waals surface area contributed by atoms with E-state index in [1.54, 1.807) is 7.11 Å². The third-order valence-corrected chi connectivity index (χ3v) is 4.63. The predicted molar refractivity (Wildman–Crippen MR) is 85.3 cm³/mol. The number of ether oxygens (including phenoxy) is 2. The SMILES string of the molecule is COCCNCc1cc2c(n(CC3CCCO3)c1=O)CCC2. The van der Waals surface area contributed by atoms with E-state index in [1.165, 1.54) is 11.3 Å². The average molecular weight is 306 g/mol. The Morgan fingerprint density at radius 2 is 2.32 bits per heavy atom. The van der Waals surface area contributed by atoms with Crippen molar-refractivity contribution in [1.29, 1.82) is 0 Å². The lowest BCUT2D eigenvalue weighted by atomic mass is 10.1. The molecular formula is C17H26N2O3. The highest BCUT2D eigenvalue weighted by molar-refractivity contribution is 5.30. The summed E-state index contributed by atoms with van der Waals surface area (Å²) >= 11 is 0. The fourth-order valence-electron chi connectivity index (χ4n) is 3.49. The molecule has 2 heterocycles. The van der Waals surface area contributed by atoms with Crippen molar-refractivity contribution in [3.63, 3.8) is 0 Å². The summed E-state index contributed by atoms with van der Waals surface area (Å²) in [7, 11) is 1.69. The van der Waals surface area contributed by atoms with Gasteiger partial charge in [0.05, 0.1) is 19.3 Å². The summed E-state index contributed by atoms with van der Waals surface area (Å²) in [5.74, 6) is 0. The molecule has 5 nitrogen and oxygen atoms in total. The molecule has 0 amide bonds. The van der Waals surface area contributed by atoms with Gasteiger partial charge in [-0.3, -0.25) is 4.79 Å². The summed E-state index contributed by atoms with van der Waals surface area (Å²) in [5, 5.41) is 3.29. The number of methoxy groups -OCH3 is 1. The monoisotopic (exact) mass is 306 g/mol. The van der Waals surface area contributed by atoms with Gasteiger partial charge >= 0.3 is 0 Å². The molecule has 1 aliphatic heterocycles. The second-order valence-electron chi connectivity index (χ2n) is 6.22. The number of hydrogen-bond donors (Lipinski definition) is 1. The van der Waals surface area contributed by atoms with Crippen molar-refractivity contribution in [3.8, 4) is 0 Å². The molecule has 1 aromatic rings. The molecule has 1 saturated heterocycles. The minimum atomic E-state index is 0.154. The molecule has 0 spiro atoms. The summed E-state index contributed by atoms with van der Waals surface area (Å²) in [5.41, 5.74) is 3.61. The van der Waals surface area contributed by atoms with E-state index in [0.717, 1.165) is 50.8 Å². The van der Waals surface area contributed by atoms with Crippen LogP contribution in [-0.4, -0.2) is 37.5 Å². The molecular weight excluding hydrogens is 280 g/mol. The molecule has 122 valence electrons. The molecule has 1 aromatic heterocycles. The van der Waals surface area contributed by atoms with Gasteiger partial charge in [-0.05, 0) is 43.7 Å². The van der Waals surface area contributed by atoms with Crippen molar-refractivity contribution in [2.24, 2.45) is 0 Å². The lowest BCUT2D eigenvalue weighted by Gasteiger charge is -2.18. The van der Waals surface area contributed by atoms with Crippen LogP contribution in [0.2, 0.25) is 0 Å². The predicted octanol–water partition coefficient (Wildman–Crippen LogP) is 1.25. The summed E-state index contributed by atoms with van der Waals surface area (Å²) in [4.78, 5) is 12.8. The van der Waals surface area contributed by atoms with Crippen LogP contribution in [0.4, 0.5) is 0 Å². The molecule has 1 aliphatic carbocycles. The number of fused-ring (bicyclic) bond motifs is 1. The molecule has 1 unspecified atom stereocenters. The third-order valence-electron chi connectivity index (χ3n) is 4.63. The highest BCUT2D eigenvalue weighted by Crippen LogP contribution is 2.23. The Labute approximate surface area is 131 Å². The van der Waals surface area contributed by atoms with Crippen molar-refractivity contribution in [1.82, 2.24) is 9.88 Å². The largest absolute Gasteiger partial charge is 0.383 e. The van der Waals surface area contributed by atoms with Gasteiger partial charge in [-0.1, -0.05) is 0 Å². The van der Waals surface area contributed by atoms with Gasteiger partial charge in [-0.2, -0.15) is 0 Å². The van der Waals surface area contributed by atoms with E-state index < -0.39 is 0 Å². The number of hydrogen-bond acceptors (Lipinski definition) is 4. The first-order valence-corrected chi connectivity index (χ1v) is 8.35. The Kier molecular flexibility index (Phi) is 5.28. The topological polar surface area (TPSA) is 52.5 Å². The van der Waals surface area contributed by atoms with Gasteiger partial charge in [0, 0.05) is 38.1 Å². The average Bonchev–Trinajstić information content (AvgIpc) is 3.18. The summed E-state index contributed by atoms with van der Waals surface area (Å²) in [6, 6.07) is 2.11. The van der Waals surface area contributed by atoms with Crippen LogP contribution in [0.5, 0.6) is 0 Å². The number of nitrogens with one attached hydrogen (secondary N) is 1. The van der Waals surface area contributed by atoms with E-state index in [9.17, 15) is 4.79 Å². The lowest BCUT2D eigenvalue weighted by Crippen LogP contribution is -2.33. The zero-order valence-electron chi connectivity index (χ0n) is 13.4. The maximum atomic E-state index is 12.8. The fourth-order valence-corrected chi connectivity index (χ4v) is 3.49. The van der Waals surface area contributed by atoms with Gasteiger partial charge in [-0.15, -0.1) is 0 Å². The second-order valence-corrected chi connectivity index (χ2v) is 6.22. The van der Waals surface area contributed by atoms with Crippen molar-refractivity contribution < 1.29 is 9.47 Å². The lowest BCUT2D eigenvalue weighted by molar-refractivity contribution is 0.0954. The molecule has 22 heavy (non-hydrogen) atoms. The summed E-state index contributed by atoms with van der Waals surface area (Å²) < 4.78 is 12.8. The standard InChI is InChI=1S/C17H26N2O3/c1-21-9-7-18-11-14-10-13-4-2-6-16(13)19(17(14)20)12-15-5-3-8-22-15/h10,15,18H,2-9,11-12H2,1H3. The number of aryl methyl sites for hydroxylation is 1. The van der Waals surface area contributed by atoms with Gasteiger partial charge in [0.1, 0.15) is 0 Å². The van der Waals surface area contributed by atoms with Gasteiger partial charge in [0.25, 0.3) is 5.56 Å². The maximum absolute atomic E-state index is 12.8. The minimum absolute atomic E-state index is 0.154. The normalized spacial score (nSPS) is 20.5. The van der Waals surface area contributed by atoms with Crippen molar-refractivity contribution in [2.75, 3.05) is 26.9 Å². The highest BCUT2D eigenvalue weighted by atomic mass is 16.5. The molecule has 2 aliphatic rings. The number of pyridine rings is 1. The van der Waals surface area contributed by atoms with E-state index >= 15 is 0 Å². The smallest absolute Gasteiger partial charge is 0.255 e. The second kappa shape index (κ2) is 7.40. The third kappa shape index (κ3) is 3.42. The van der Waals surface area contributed by atoms with Crippen LogP contribution in [0.3, 0.4) is 0 Å². The maximum Gasteiger partial charge on any atom is 0.255 e. The van der Waals surface area contributed by atoms with E-state index in [2.05, 4.69) is 11.4 Å². The number of rotatable bonds is 7. The first kappa shape index (κ1) is 15.7. The van der Waals surface area contributed by atoms with Crippen LogP contribution < -0.4 is 10.9 Å². The van der Waals surface area contributed by atoms with Crippen molar-refractivity contribution >= 4 is 0 Å². The molecule has 1 fully saturated rings. The summed E-state index contributed by atoms with van der Waals surface area (Å²) in [6.45, 7) is 3.59. The van der Waals surface area contributed by atoms with E-state index in [-0.39, 0.29) is 11.7 Å². The van der Waals surface area contributed by atoms with Gasteiger partial charge in [0.15, 0.2) is 0 Å². The fraction of sp³-hybridized carbons (Fsp3) is 0.706. The van der Waals surface area contributed by atoms with Gasteiger partial charge in [0.2, 0.25) is 0 Å². The summed E-state index contributed by atoms with van der Waals surface area (Å²) in [6.07, 6.45) is 5.65. The van der Waals surface area contributed by atoms with Crippen LogP contribution in [-0.2, 0) is 35.4 Å². The quantitative estimate of drug-likeness (QED) is 0.771. The first-order valence-electron chi connectivity index (χ1n) is 8.35. The number of aromatic nitrogens is 1. The Bertz CT molecular complexity index is 562. The van der Waals surface area contributed by atoms with E-state index in [4.69, 9.17) is 9.47 Å². The molecule has 5 heteroatoms. The highest BCUT2D eigenvalue weighted by Gasteiger charge is 2.23. The van der Waals surface area contributed by atoms with E-state index in [0.29, 0.717) is 19.7 Å². The zero-order chi connectivity index (χ0) is 15.4. The molecule has 0 aromatic carbocycles. The Morgan fingerprint density at radius 3 is 3.09 bits per heavy atom. The molecule has 0 radical (unpaired) electrons. The Morgan fingerprint density at radius 1 is 1.41 bits per heavy atom. The molecule has 3 rings (SSSR count). The van der Waals surface area contributed by atoms with Crippen LogP contribution in [0.15, 0.2) is 10.9 Å². The van der Waals surface area contributed by atoms with Crippen molar-refractivity contribution in [2.45, 2.75) is 51.3 Å². The zero-order valence-corrected chi connectivity index (χ0v) is 13.4. The molecule has 1 N–H and O–H groups in total. The Balaban J connectivity index is 1.80. The van der Waals surface area contributed by atoms with Crippen LogP contribution in [0.25, 0.3) is 0 Å². The van der Waals surface area contributed by atoms with Crippen LogP contribution in [0, 0.1) is 0 Å². The first-order chi connectivity index (χ1) is 10.8. The van der Waals surface area contributed by atoms with Crippen LogP contribution in [0.1, 0.15) is 36.1 Å².